The first-order valence-electron chi connectivity index (χ1n) is 7.01. The van der Waals surface area contributed by atoms with Gasteiger partial charge in [0.15, 0.2) is 0 Å². The van der Waals surface area contributed by atoms with Crippen LogP contribution in [0.25, 0.3) is 0 Å². The molecule has 1 N–H and O–H groups in total. The number of thioether (sulfide) groups is 1. The minimum absolute atomic E-state index is 0.179. The average Bonchev–Trinajstić information content (AvgIpc) is 3.20. The normalized spacial score (nSPS) is 17.6. The van der Waals surface area contributed by atoms with E-state index >= 15 is 0 Å². The van der Waals surface area contributed by atoms with Crippen LogP contribution in [0.4, 0.5) is 0 Å². The summed E-state index contributed by atoms with van der Waals surface area (Å²) in [6, 6.07) is 6.88. The molecule has 1 aromatic carbocycles. The number of methoxy groups -OCH3 is 1. The fourth-order valence-corrected chi connectivity index (χ4v) is 3.34. The van der Waals surface area contributed by atoms with Gasteiger partial charge in [-0.05, 0) is 45.2 Å². The van der Waals surface area contributed by atoms with Crippen LogP contribution in [0.1, 0.15) is 30.9 Å². The third-order valence-electron chi connectivity index (χ3n) is 3.58. The van der Waals surface area contributed by atoms with E-state index < -0.39 is 5.54 Å². The Morgan fingerprint density at radius 1 is 1.45 bits per heavy atom. The number of esters is 1. The molecule has 0 aliphatic heterocycles. The zero-order chi connectivity index (χ0) is 14.8. The highest BCUT2D eigenvalue weighted by atomic mass is 32.2. The maximum absolute atomic E-state index is 12.1. The summed E-state index contributed by atoms with van der Waals surface area (Å²) in [4.78, 5) is 13.3. The quantitative estimate of drug-likeness (QED) is 0.646. The lowest BCUT2D eigenvalue weighted by molar-refractivity contribution is -0.147. The summed E-state index contributed by atoms with van der Waals surface area (Å²) in [5, 5.41) is 3.42. The molecule has 0 amide bonds. The molecule has 1 atom stereocenters. The van der Waals surface area contributed by atoms with Gasteiger partial charge in [-0.25, -0.2) is 0 Å². The average molecular weight is 293 g/mol. The second-order valence-corrected chi connectivity index (χ2v) is 6.82. The highest BCUT2D eigenvalue weighted by Crippen LogP contribution is 2.30. The van der Waals surface area contributed by atoms with Gasteiger partial charge in [0.1, 0.15) is 5.54 Å². The summed E-state index contributed by atoms with van der Waals surface area (Å²) in [5.41, 5.74) is 1.91. The van der Waals surface area contributed by atoms with Crippen molar-refractivity contribution >= 4 is 17.7 Å². The second kappa shape index (κ2) is 6.19. The third-order valence-corrected chi connectivity index (χ3v) is 5.07. The molecule has 3 nitrogen and oxygen atoms in total. The van der Waals surface area contributed by atoms with Gasteiger partial charge in [-0.15, -0.1) is 11.8 Å². The van der Waals surface area contributed by atoms with Crippen LogP contribution >= 0.6 is 11.8 Å². The first kappa shape index (κ1) is 15.4. The van der Waals surface area contributed by atoms with Gasteiger partial charge < -0.3 is 4.74 Å². The molecule has 0 saturated heterocycles. The van der Waals surface area contributed by atoms with Gasteiger partial charge in [0, 0.05) is 16.7 Å². The van der Waals surface area contributed by atoms with Crippen molar-refractivity contribution < 1.29 is 9.53 Å². The van der Waals surface area contributed by atoms with Crippen LogP contribution in [-0.2, 0) is 9.53 Å². The standard InChI is InChI=1S/C16H23NO2S/c1-11-5-8-14(12(2)9-11)20-10-16(3,15(18)19-4)17-13-6-7-13/h5,8-9,13,17H,6-7,10H2,1-4H3. The Kier molecular flexibility index (Phi) is 4.76. The van der Waals surface area contributed by atoms with E-state index in [2.05, 4.69) is 37.4 Å². The number of benzene rings is 1. The van der Waals surface area contributed by atoms with Crippen LogP contribution in [0.3, 0.4) is 0 Å². The summed E-state index contributed by atoms with van der Waals surface area (Å²) in [6.45, 7) is 6.14. The van der Waals surface area contributed by atoms with E-state index in [1.54, 1.807) is 11.8 Å². The summed E-state index contributed by atoms with van der Waals surface area (Å²) < 4.78 is 4.97. The minimum Gasteiger partial charge on any atom is -0.468 e. The molecular weight excluding hydrogens is 270 g/mol. The molecule has 2 rings (SSSR count). The van der Waals surface area contributed by atoms with E-state index in [1.165, 1.54) is 23.1 Å². The van der Waals surface area contributed by atoms with Crippen molar-refractivity contribution in [1.82, 2.24) is 5.32 Å². The molecule has 0 bridgehead atoms. The van der Waals surface area contributed by atoms with Gasteiger partial charge in [-0.1, -0.05) is 17.7 Å². The number of hydrogen-bond donors (Lipinski definition) is 1. The molecule has 1 unspecified atom stereocenters. The zero-order valence-corrected chi connectivity index (χ0v) is 13.5. The second-order valence-electron chi connectivity index (χ2n) is 5.80. The van der Waals surface area contributed by atoms with Crippen molar-refractivity contribution in [3.63, 3.8) is 0 Å². The molecule has 110 valence electrons. The highest BCUT2D eigenvalue weighted by molar-refractivity contribution is 7.99. The number of nitrogens with one attached hydrogen (secondary N) is 1. The molecule has 1 saturated carbocycles. The Morgan fingerprint density at radius 3 is 2.70 bits per heavy atom. The monoisotopic (exact) mass is 293 g/mol. The number of rotatable bonds is 6. The van der Waals surface area contributed by atoms with Crippen molar-refractivity contribution in [3.8, 4) is 0 Å². The fraction of sp³-hybridized carbons (Fsp3) is 0.562. The lowest BCUT2D eigenvalue weighted by Gasteiger charge is -2.28. The number of ether oxygens (including phenoxy) is 1. The van der Waals surface area contributed by atoms with Crippen LogP contribution in [0.2, 0.25) is 0 Å². The van der Waals surface area contributed by atoms with Crippen molar-refractivity contribution in [2.75, 3.05) is 12.9 Å². The molecule has 0 radical (unpaired) electrons. The van der Waals surface area contributed by atoms with E-state index in [4.69, 9.17) is 4.74 Å². The van der Waals surface area contributed by atoms with E-state index in [0.29, 0.717) is 11.8 Å². The van der Waals surface area contributed by atoms with Gasteiger partial charge in [0.05, 0.1) is 7.11 Å². The minimum atomic E-state index is -0.613. The van der Waals surface area contributed by atoms with Crippen molar-refractivity contribution in [1.29, 1.82) is 0 Å². The summed E-state index contributed by atoms with van der Waals surface area (Å²) in [7, 11) is 1.46. The summed E-state index contributed by atoms with van der Waals surface area (Å²) >= 11 is 1.71. The number of carbonyl (C=O) groups is 1. The van der Waals surface area contributed by atoms with E-state index in [-0.39, 0.29) is 5.97 Å². The van der Waals surface area contributed by atoms with Gasteiger partial charge in [-0.2, -0.15) is 0 Å². The lowest BCUT2D eigenvalue weighted by Crippen LogP contribution is -2.53. The molecule has 1 aliphatic carbocycles. The van der Waals surface area contributed by atoms with E-state index in [0.717, 1.165) is 12.8 Å². The third kappa shape index (κ3) is 3.76. The molecule has 20 heavy (non-hydrogen) atoms. The maximum atomic E-state index is 12.1. The zero-order valence-electron chi connectivity index (χ0n) is 12.7. The predicted octanol–water partition coefficient (Wildman–Crippen LogP) is 3.08. The van der Waals surface area contributed by atoms with Crippen molar-refractivity contribution in [2.24, 2.45) is 0 Å². The van der Waals surface area contributed by atoms with E-state index in [1.807, 2.05) is 6.92 Å². The molecule has 0 aromatic heterocycles. The Labute approximate surface area is 125 Å². The van der Waals surface area contributed by atoms with E-state index in [9.17, 15) is 4.79 Å². The van der Waals surface area contributed by atoms with Gasteiger partial charge >= 0.3 is 5.97 Å². The molecule has 1 fully saturated rings. The molecule has 1 aliphatic rings. The smallest absolute Gasteiger partial charge is 0.326 e. The van der Waals surface area contributed by atoms with Gasteiger partial charge in [0.25, 0.3) is 0 Å². The van der Waals surface area contributed by atoms with Crippen LogP contribution in [-0.4, -0.2) is 30.4 Å². The van der Waals surface area contributed by atoms with Gasteiger partial charge in [0.2, 0.25) is 0 Å². The van der Waals surface area contributed by atoms with Gasteiger partial charge in [-0.3, -0.25) is 10.1 Å². The van der Waals surface area contributed by atoms with Crippen LogP contribution in [0.5, 0.6) is 0 Å². The molecule has 1 aromatic rings. The largest absolute Gasteiger partial charge is 0.468 e. The first-order chi connectivity index (χ1) is 9.44. The summed E-state index contributed by atoms with van der Waals surface area (Å²) in [5.74, 6) is 0.502. The Morgan fingerprint density at radius 2 is 2.15 bits per heavy atom. The predicted molar refractivity (Wildman–Crippen MR) is 83.2 cm³/mol. The SMILES string of the molecule is COC(=O)C(C)(CSc1ccc(C)cc1C)NC1CC1. The fourth-order valence-electron chi connectivity index (χ4n) is 2.25. The van der Waals surface area contributed by atoms with Crippen LogP contribution in [0.15, 0.2) is 23.1 Å². The number of carbonyl (C=O) groups excluding carboxylic acids is 1. The number of aryl methyl sites for hydroxylation is 2. The van der Waals surface area contributed by atoms with Crippen LogP contribution < -0.4 is 5.32 Å². The Bertz CT molecular complexity index is 499. The lowest BCUT2D eigenvalue weighted by atomic mass is 10.1. The molecule has 0 spiro atoms. The van der Waals surface area contributed by atoms with Crippen molar-refractivity contribution in [2.45, 2.75) is 50.1 Å². The molecule has 4 heteroatoms. The van der Waals surface area contributed by atoms with Crippen molar-refractivity contribution in [3.05, 3.63) is 29.3 Å². The maximum Gasteiger partial charge on any atom is 0.326 e. The first-order valence-corrected chi connectivity index (χ1v) is 7.99. The molecular formula is C16H23NO2S. The topological polar surface area (TPSA) is 38.3 Å². The summed E-state index contributed by atoms with van der Waals surface area (Å²) in [6.07, 6.45) is 2.31. The molecule has 0 heterocycles. The number of hydrogen-bond acceptors (Lipinski definition) is 4. The highest BCUT2D eigenvalue weighted by Gasteiger charge is 2.39. The Balaban J connectivity index is 2.05. The Hall–Kier alpha value is -1.00. The van der Waals surface area contributed by atoms with Crippen LogP contribution in [0, 0.1) is 13.8 Å².